The van der Waals surface area contributed by atoms with E-state index in [1.165, 1.54) is 4.90 Å². The summed E-state index contributed by atoms with van der Waals surface area (Å²) in [6.07, 6.45) is 0.311. The minimum Gasteiger partial charge on any atom is -0.355 e. The first-order valence-corrected chi connectivity index (χ1v) is 7.68. The fourth-order valence-corrected chi connectivity index (χ4v) is 2.48. The van der Waals surface area contributed by atoms with Crippen LogP contribution < -0.4 is 5.32 Å². The van der Waals surface area contributed by atoms with Crippen LogP contribution in [0.3, 0.4) is 0 Å². The summed E-state index contributed by atoms with van der Waals surface area (Å²) in [7, 11) is 0. The molecule has 6 heteroatoms. The van der Waals surface area contributed by atoms with Crippen LogP contribution in [0.25, 0.3) is 0 Å². The molecule has 4 nitrogen and oxygen atoms in total. The summed E-state index contributed by atoms with van der Waals surface area (Å²) >= 11 is 12.3. The molecule has 21 heavy (non-hydrogen) atoms. The van der Waals surface area contributed by atoms with E-state index in [0.29, 0.717) is 28.6 Å². The molecule has 0 fully saturated rings. The molecule has 1 N–H and O–H groups in total. The first-order valence-electron chi connectivity index (χ1n) is 6.92. The van der Waals surface area contributed by atoms with Crippen molar-refractivity contribution in [3.8, 4) is 0 Å². The largest absolute Gasteiger partial charge is 0.355 e. The maximum Gasteiger partial charge on any atom is 0.242 e. The number of nitrogens with one attached hydrogen (secondary N) is 1. The summed E-state index contributed by atoms with van der Waals surface area (Å²) in [6, 6.07) is 4.60. The second kappa shape index (κ2) is 8.25. The summed E-state index contributed by atoms with van der Waals surface area (Å²) in [5, 5.41) is 3.69. The van der Waals surface area contributed by atoms with Crippen molar-refractivity contribution < 1.29 is 9.59 Å². The zero-order valence-corrected chi connectivity index (χ0v) is 14.0. The van der Waals surface area contributed by atoms with Crippen LogP contribution in [0.5, 0.6) is 0 Å². The molecule has 1 aromatic rings. The Morgan fingerprint density at radius 2 is 1.81 bits per heavy atom. The van der Waals surface area contributed by atoms with E-state index in [-0.39, 0.29) is 18.4 Å². The van der Waals surface area contributed by atoms with E-state index in [0.717, 1.165) is 0 Å². The quantitative estimate of drug-likeness (QED) is 0.870. The predicted molar refractivity (Wildman–Crippen MR) is 85.4 cm³/mol. The number of benzene rings is 1. The molecule has 0 saturated carbocycles. The predicted octanol–water partition coefficient (Wildman–Crippen LogP) is 3.26. The topological polar surface area (TPSA) is 49.4 Å². The summed E-state index contributed by atoms with van der Waals surface area (Å²) in [5.41, 5.74) is 0.652. The molecule has 0 saturated heterocycles. The maximum absolute atomic E-state index is 12.1. The van der Waals surface area contributed by atoms with Gasteiger partial charge in [-0.05, 0) is 26.0 Å². The van der Waals surface area contributed by atoms with Crippen molar-refractivity contribution in [2.75, 3.05) is 6.54 Å². The van der Waals surface area contributed by atoms with E-state index in [1.807, 2.05) is 6.92 Å². The molecule has 0 heterocycles. The summed E-state index contributed by atoms with van der Waals surface area (Å²) in [4.78, 5) is 25.6. The SMILES string of the molecule is CCNC(=O)[C@H](C)N(Cc1c(Cl)cccc1Cl)C(=O)CC. The lowest BCUT2D eigenvalue weighted by Gasteiger charge is -2.29. The van der Waals surface area contributed by atoms with Gasteiger partial charge in [-0.1, -0.05) is 36.2 Å². The molecular formula is C15H20Cl2N2O2. The van der Waals surface area contributed by atoms with Gasteiger partial charge >= 0.3 is 0 Å². The van der Waals surface area contributed by atoms with Gasteiger partial charge in [-0.3, -0.25) is 9.59 Å². The summed E-state index contributed by atoms with van der Waals surface area (Å²) in [5.74, 6) is -0.313. The molecule has 1 aromatic carbocycles. The lowest BCUT2D eigenvalue weighted by atomic mass is 10.1. The Hall–Kier alpha value is -1.26. The molecule has 0 aliphatic carbocycles. The smallest absolute Gasteiger partial charge is 0.242 e. The van der Waals surface area contributed by atoms with Crippen LogP contribution in [0.2, 0.25) is 10.0 Å². The molecule has 1 atom stereocenters. The molecule has 0 aromatic heterocycles. The van der Waals surface area contributed by atoms with E-state index in [2.05, 4.69) is 5.32 Å². The summed E-state index contributed by atoms with van der Waals surface area (Å²) < 4.78 is 0. The van der Waals surface area contributed by atoms with Gasteiger partial charge in [-0.25, -0.2) is 0 Å². The lowest BCUT2D eigenvalue weighted by Crippen LogP contribution is -2.47. The van der Waals surface area contributed by atoms with Crippen LogP contribution in [0, 0.1) is 0 Å². The van der Waals surface area contributed by atoms with Crippen LogP contribution in [0.15, 0.2) is 18.2 Å². The first-order chi connectivity index (χ1) is 9.92. The Bertz CT molecular complexity index is 500. The second-order valence-corrected chi connectivity index (χ2v) is 5.46. The number of amides is 2. The maximum atomic E-state index is 12.1. The highest BCUT2D eigenvalue weighted by Gasteiger charge is 2.25. The number of carbonyl (C=O) groups is 2. The molecular weight excluding hydrogens is 311 g/mol. The van der Waals surface area contributed by atoms with E-state index in [4.69, 9.17) is 23.2 Å². The summed E-state index contributed by atoms with van der Waals surface area (Å²) in [6.45, 7) is 6.02. The standard InChI is InChI=1S/C15H20Cl2N2O2/c1-4-14(20)19(10(3)15(21)18-5-2)9-11-12(16)7-6-8-13(11)17/h6-8,10H,4-5,9H2,1-3H3,(H,18,21)/t10-/m0/s1. The highest BCUT2D eigenvalue weighted by atomic mass is 35.5. The average molecular weight is 331 g/mol. The van der Waals surface area contributed by atoms with Gasteiger partial charge in [0, 0.05) is 35.1 Å². The van der Waals surface area contributed by atoms with Crippen molar-refractivity contribution in [3.05, 3.63) is 33.8 Å². The van der Waals surface area contributed by atoms with E-state index in [9.17, 15) is 9.59 Å². The van der Waals surface area contributed by atoms with E-state index >= 15 is 0 Å². The minimum absolute atomic E-state index is 0.121. The van der Waals surface area contributed by atoms with Crippen LogP contribution >= 0.6 is 23.2 Å². The zero-order valence-electron chi connectivity index (χ0n) is 12.5. The normalized spacial score (nSPS) is 11.9. The average Bonchev–Trinajstić information content (AvgIpc) is 2.46. The lowest BCUT2D eigenvalue weighted by molar-refractivity contribution is -0.140. The third-order valence-corrected chi connectivity index (χ3v) is 3.92. The second-order valence-electron chi connectivity index (χ2n) is 4.65. The van der Waals surface area contributed by atoms with Crippen LogP contribution in [0.4, 0.5) is 0 Å². The Morgan fingerprint density at radius 1 is 1.24 bits per heavy atom. The zero-order chi connectivity index (χ0) is 16.0. The van der Waals surface area contributed by atoms with Crippen molar-refractivity contribution in [3.63, 3.8) is 0 Å². The molecule has 0 aliphatic heterocycles. The molecule has 0 bridgehead atoms. The highest BCUT2D eigenvalue weighted by Crippen LogP contribution is 2.26. The van der Waals surface area contributed by atoms with E-state index < -0.39 is 6.04 Å². The van der Waals surface area contributed by atoms with Gasteiger partial charge in [0.2, 0.25) is 11.8 Å². The van der Waals surface area contributed by atoms with Crippen molar-refractivity contribution >= 4 is 35.0 Å². The molecule has 0 unspecified atom stereocenters. The first kappa shape index (κ1) is 17.8. The van der Waals surface area contributed by atoms with Crippen LogP contribution in [0.1, 0.15) is 32.8 Å². The Morgan fingerprint density at radius 3 is 2.29 bits per heavy atom. The molecule has 1 rings (SSSR count). The van der Waals surface area contributed by atoms with Crippen molar-refractivity contribution in [2.24, 2.45) is 0 Å². The number of nitrogens with zero attached hydrogens (tertiary/aromatic N) is 1. The van der Waals surface area contributed by atoms with Gasteiger partial charge in [0.1, 0.15) is 6.04 Å². The van der Waals surface area contributed by atoms with Gasteiger partial charge in [-0.2, -0.15) is 0 Å². The monoisotopic (exact) mass is 330 g/mol. The number of likely N-dealkylation sites (N-methyl/N-ethyl adjacent to an activating group) is 1. The Kier molecular flexibility index (Phi) is 6.99. The number of hydrogen-bond donors (Lipinski definition) is 1. The van der Waals surface area contributed by atoms with Crippen LogP contribution in [-0.2, 0) is 16.1 Å². The number of hydrogen-bond acceptors (Lipinski definition) is 2. The molecule has 0 spiro atoms. The van der Waals surface area contributed by atoms with Gasteiger partial charge in [-0.15, -0.1) is 0 Å². The minimum atomic E-state index is -0.579. The molecule has 0 aliphatic rings. The van der Waals surface area contributed by atoms with Gasteiger partial charge in [0.05, 0.1) is 0 Å². The number of halogens is 2. The van der Waals surface area contributed by atoms with Gasteiger partial charge < -0.3 is 10.2 Å². The van der Waals surface area contributed by atoms with Gasteiger partial charge in [0.15, 0.2) is 0 Å². The van der Waals surface area contributed by atoms with E-state index in [1.54, 1.807) is 32.0 Å². The fourth-order valence-electron chi connectivity index (χ4n) is 1.96. The number of carbonyl (C=O) groups excluding carboxylic acids is 2. The molecule has 116 valence electrons. The third-order valence-electron chi connectivity index (χ3n) is 3.21. The fraction of sp³-hybridized carbons (Fsp3) is 0.467. The number of rotatable bonds is 6. The Balaban J connectivity index is 3.04. The van der Waals surface area contributed by atoms with Crippen molar-refractivity contribution in [1.29, 1.82) is 0 Å². The van der Waals surface area contributed by atoms with Crippen LogP contribution in [-0.4, -0.2) is 29.3 Å². The molecule has 2 amide bonds. The molecule has 0 radical (unpaired) electrons. The Labute approximate surface area is 135 Å². The van der Waals surface area contributed by atoms with Crippen molar-refractivity contribution in [2.45, 2.75) is 39.8 Å². The van der Waals surface area contributed by atoms with Crippen molar-refractivity contribution in [1.82, 2.24) is 10.2 Å². The van der Waals surface area contributed by atoms with Gasteiger partial charge in [0.25, 0.3) is 0 Å². The third kappa shape index (κ3) is 4.61. The highest BCUT2D eigenvalue weighted by molar-refractivity contribution is 6.36.